The fourth-order valence-electron chi connectivity index (χ4n) is 1.62. The Hall–Kier alpha value is -1.29. The molecule has 0 amide bonds. The first-order valence-electron chi connectivity index (χ1n) is 4.91. The van der Waals surface area contributed by atoms with Crippen molar-refractivity contribution in [3.8, 4) is 0 Å². The molecule has 1 aromatic rings. The molecule has 15 heavy (non-hydrogen) atoms. The molecule has 0 atom stereocenters. The van der Waals surface area contributed by atoms with Crippen molar-refractivity contribution in [1.29, 1.82) is 0 Å². The molecule has 0 radical (unpaired) electrons. The zero-order chi connectivity index (χ0) is 10.7. The Balaban J connectivity index is 1.97. The molecule has 0 saturated carbocycles. The van der Waals surface area contributed by atoms with E-state index in [0.717, 1.165) is 18.7 Å². The van der Waals surface area contributed by atoms with Gasteiger partial charge in [0.15, 0.2) is 0 Å². The van der Waals surface area contributed by atoms with E-state index in [2.05, 4.69) is 4.98 Å². The van der Waals surface area contributed by atoms with Gasteiger partial charge in [0.05, 0.1) is 18.4 Å². The first-order valence-corrected chi connectivity index (χ1v) is 4.91. The van der Waals surface area contributed by atoms with E-state index in [1.807, 2.05) is 4.90 Å². The zero-order valence-corrected chi connectivity index (χ0v) is 8.29. The maximum atomic E-state index is 12.9. The Morgan fingerprint density at radius 1 is 1.33 bits per heavy atom. The van der Waals surface area contributed by atoms with Gasteiger partial charge in [-0.05, 0) is 18.6 Å². The van der Waals surface area contributed by atoms with E-state index in [4.69, 9.17) is 0 Å². The van der Waals surface area contributed by atoms with Crippen LogP contribution in [0.15, 0.2) is 30.2 Å². The standard InChI is InChI=1S/C11H12F2N2/c12-9-3-4-11(14-6-9)8-15-5-1-2-10(13)7-15/h2-4,6H,1,5,7-8H2. The van der Waals surface area contributed by atoms with E-state index >= 15 is 0 Å². The van der Waals surface area contributed by atoms with Crippen molar-refractivity contribution in [2.75, 3.05) is 13.1 Å². The largest absolute Gasteiger partial charge is 0.291 e. The number of halogens is 2. The number of aromatic nitrogens is 1. The van der Waals surface area contributed by atoms with Gasteiger partial charge in [0.25, 0.3) is 0 Å². The van der Waals surface area contributed by atoms with Crippen LogP contribution >= 0.6 is 0 Å². The Morgan fingerprint density at radius 2 is 2.20 bits per heavy atom. The molecule has 0 spiro atoms. The number of hydrogen-bond donors (Lipinski definition) is 0. The van der Waals surface area contributed by atoms with Gasteiger partial charge in [0, 0.05) is 13.1 Å². The van der Waals surface area contributed by atoms with Crippen molar-refractivity contribution in [3.63, 3.8) is 0 Å². The van der Waals surface area contributed by atoms with Gasteiger partial charge < -0.3 is 0 Å². The van der Waals surface area contributed by atoms with Crippen LogP contribution in [-0.2, 0) is 6.54 Å². The van der Waals surface area contributed by atoms with Crippen LogP contribution in [0.25, 0.3) is 0 Å². The first-order chi connectivity index (χ1) is 7.24. The lowest BCUT2D eigenvalue weighted by Gasteiger charge is -2.23. The minimum absolute atomic E-state index is 0.0941. The van der Waals surface area contributed by atoms with Crippen molar-refractivity contribution in [3.05, 3.63) is 41.7 Å². The Morgan fingerprint density at radius 3 is 2.87 bits per heavy atom. The summed E-state index contributed by atoms with van der Waals surface area (Å²) in [7, 11) is 0. The first kappa shape index (κ1) is 10.2. The highest BCUT2D eigenvalue weighted by Gasteiger charge is 2.12. The van der Waals surface area contributed by atoms with Crippen LogP contribution in [0.1, 0.15) is 12.1 Å². The average Bonchev–Trinajstić information content (AvgIpc) is 2.22. The van der Waals surface area contributed by atoms with Gasteiger partial charge >= 0.3 is 0 Å². The van der Waals surface area contributed by atoms with Crippen LogP contribution in [0.4, 0.5) is 8.78 Å². The number of pyridine rings is 1. The monoisotopic (exact) mass is 210 g/mol. The van der Waals surface area contributed by atoms with Crippen molar-refractivity contribution in [2.24, 2.45) is 0 Å². The van der Waals surface area contributed by atoms with Gasteiger partial charge in [-0.3, -0.25) is 9.88 Å². The lowest BCUT2D eigenvalue weighted by molar-refractivity contribution is 0.256. The van der Waals surface area contributed by atoms with Crippen LogP contribution < -0.4 is 0 Å². The van der Waals surface area contributed by atoms with E-state index in [0.29, 0.717) is 13.1 Å². The maximum absolute atomic E-state index is 12.9. The number of nitrogens with zero attached hydrogens (tertiary/aromatic N) is 2. The second-order valence-electron chi connectivity index (χ2n) is 3.62. The maximum Gasteiger partial charge on any atom is 0.141 e. The van der Waals surface area contributed by atoms with Crippen molar-refractivity contribution >= 4 is 0 Å². The SMILES string of the molecule is FC1=CCCN(Cc2ccc(F)cn2)C1. The third-order valence-corrected chi connectivity index (χ3v) is 2.36. The summed E-state index contributed by atoms with van der Waals surface area (Å²) in [5, 5.41) is 0. The van der Waals surface area contributed by atoms with Crippen molar-refractivity contribution in [2.45, 2.75) is 13.0 Å². The van der Waals surface area contributed by atoms with Crippen molar-refractivity contribution < 1.29 is 8.78 Å². The van der Waals surface area contributed by atoms with E-state index in [1.165, 1.54) is 12.3 Å². The van der Waals surface area contributed by atoms with Gasteiger partial charge in [0.2, 0.25) is 0 Å². The second-order valence-corrected chi connectivity index (χ2v) is 3.62. The van der Waals surface area contributed by atoms with Crippen LogP contribution in [0, 0.1) is 5.82 Å². The lowest BCUT2D eigenvalue weighted by Crippen LogP contribution is -2.28. The molecule has 2 nitrogen and oxygen atoms in total. The molecule has 0 fully saturated rings. The number of hydrogen-bond acceptors (Lipinski definition) is 2. The summed E-state index contributed by atoms with van der Waals surface area (Å²) in [6.07, 6.45) is 3.52. The molecule has 1 aliphatic rings. The smallest absolute Gasteiger partial charge is 0.141 e. The van der Waals surface area contributed by atoms with E-state index in [9.17, 15) is 8.78 Å². The van der Waals surface area contributed by atoms with Gasteiger partial charge in [-0.2, -0.15) is 0 Å². The second kappa shape index (κ2) is 4.49. The molecule has 1 aliphatic heterocycles. The quantitative estimate of drug-likeness (QED) is 0.744. The molecule has 0 saturated heterocycles. The third-order valence-electron chi connectivity index (χ3n) is 2.36. The van der Waals surface area contributed by atoms with Crippen LogP contribution in [0.5, 0.6) is 0 Å². The normalized spacial score (nSPS) is 17.6. The summed E-state index contributed by atoms with van der Waals surface area (Å²) >= 11 is 0. The highest BCUT2D eigenvalue weighted by molar-refractivity contribution is 5.07. The molecule has 0 aromatic carbocycles. The fraction of sp³-hybridized carbons (Fsp3) is 0.364. The van der Waals surface area contributed by atoms with E-state index in [-0.39, 0.29) is 11.6 Å². The van der Waals surface area contributed by atoms with Crippen LogP contribution in [-0.4, -0.2) is 23.0 Å². The highest BCUT2D eigenvalue weighted by Crippen LogP contribution is 2.12. The zero-order valence-electron chi connectivity index (χ0n) is 8.29. The van der Waals surface area contributed by atoms with Gasteiger partial charge in [-0.15, -0.1) is 0 Å². The fourth-order valence-corrected chi connectivity index (χ4v) is 1.62. The Bertz CT molecular complexity index is 359. The van der Waals surface area contributed by atoms with Crippen LogP contribution in [0.3, 0.4) is 0 Å². The van der Waals surface area contributed by atoms with Crippen LogP contribution in [0.2, 0.25) is 0 Å². The summed E-state index contributed by atoms with van der Waals surface area (Å²) in [6.45, 7) is 1.73. The number of rotatable bonds is 2. The molecule has 1 aromatic heterocycles. The van der Waals surface area contributed by atoms with E-state index in [1.54, 1.807) is 12.1 Å². The molecule has 0 unspecified atom stereocenters. The third kappa shape index (κ3) is 2.83. The lowest BCUT2D eigenvalue weighted by atomic mass is 10.2. The van der Waals surface area contributed by atoms with Crippen molar-refractivity contribution in [1.82, 2.24) is 9.88 Å². The molecule has 2 rings (SSSR count). The summed E-state index contributed by atoms with van der Waals surface area (Å²) in [5.74, 6) is -0.438. The summed E-state index contributed by atoms with van der Waals surface area (Å²) < 4.78 is 25.5. The average molecular weight is 210 g/mol. The molecule has 0 aliphatic carbocycles. The summed E-state index contributed by atoms with van der Waals surface area (Å²) in [6, 6.07) is 3.00. The van der Waals surface area contributed by atoms with Gasteiger partial charge in [-0.25, -0.2) is 8.78 Å². The Kier molecular flexibility index (Phi) is 3.06. The van der Waals surface area contributed by atoms with E-state index < -0.39 is 0 Å². The Labute approximate surface area is 87.2 Å². The molecule has 80 valence electrons. The highest BCUT2D eigenvalue weighted by atomic mass is 19.1. The minimum atomic E-state index is -0.344. The summed E-state index contributed by atoms with van der Waals surface area (Å²) in [5.41, 5.74) is 0.770. The topological polar surface area (TPSA) is 16.1 Å². The molecule has 0 N–H and O–H groups in total. The minimum Gasteiger partial charge on any atom is -0.291 e. The van der Waals surface area contributed by atoms with Gasteiger partial charge in [-0.1, -0.05) is 6.08 Å². The predicted octanol–water partition coefficient (Wildman–Crippen LogP) is 2.28. The molecule has 2 heterocycles. The summed E-state index contributed by atoms with van der Waals surface area (Å²) in [4.78, 5) is 5.89. The molecular weight excluding hydrogens is 198 g/mol. The molecular formula is C11H12F2N2. The van der Waals surface area contributed by atoms with Gasteiger partial charge in [0.1, 0.15) is 11.6 Å². The molecule has 0 bridgehead atoms. The predicted molar refractivity (Wildman–Crippen MR) is 53.3 cm³/mol. The molecule has 4 heteroatoms.